The van der Waals surface area contributed by atoms with Crippen molar-refractivity contribution < 1.29 is 0 Å². The molecule has 2 nitrogen and oxygen atoms in total. The largest absolute Gasteiger partial charge is 0.349 e. The molecule has 0 spiro atoms. The molecule has 84 valence electrons. The summed E-state index contributed by atoms with van der Waals surface area (Å²) in [5, 5.41) is 3.61. The fraction of sp³-hybridized carbons (Fsp3) is 0.692. The molecule has 0 aromatic carbocycles. The molecule has 1 fully saturated rings. The zero-order valence-electron chi connectivity index (χ0n) is 9.87. The van der Waals surface area contributed by atoms with Crippen LogP contribution >= 0.6 is 0 Å². The topological polar surface area (TPSA) is 17.0 Å². The van der Waals surface area contributed by atoms with Gasteiger partial charge in [-0.3, -0.25) is 0 Å². The number of aromatic nitrogens is 1. The second kappa shape index (κ2) is 4.84. The van der Waals surface area contributed by atoms with E-state index < -0.39 is 0 Å². The first kappa shape index (κ1) is 10.7. The lowest BCUT2D eigenvalue weighted by molar-refractivity contribution is 0.390. The number of rotatable bonds is 3. The fourth-order valence-corrected chi connectivity index (χ4v) is 2.46. The highest BCUT2D eigenvalue weighted by Crippen LogP contribution is 2.16. The van der Waals surface area contributed by atoms with E-state index in [0.29, 0.717) is 12.1 Å². The van der Waals surface area contributed by atoms with E-state index in [1.54, 1.807) is 0 Å². The molecule has 1 aliphatic rings. The van der Waals surface area contributed by atoms with Crippen LogP contribution in [0.3, 0.4) is 0 Å². The van der Waals surface area contributed by atoms with E-state index in [0.717, 1.165) is 0 Å². The molecule has 2 heteroatoms. The van der Waals surface area contributed by atoms with Gasteiger partial charge in [-0.25, -0.2) is 0 Å². The van der Waals surface area contributed by atoms with Gasteiger partial charge < -0.3 is 9.88 Å². The average Bonchev–Trinajstić information content (AvgIpc) is 2.67. The van der Waals surface area contributed by atoms with E-state index in [4.69, 9.17) is 0 Å². The molecule has 0 bridgehead atoms. The Morgan fingerprint density at radius 1 is 1.47 bits per heavy atom. The van der Waals surface area contributed by atoms with Crippen LogP contribution in [0.2, 0.25) is 0 Å². The maximum absolute atomic E-state index is 3.61. The first-order valence-corrected chi connectivity index (χ1v) is 6.16. The van der Waals surface area contributed by atoms with E-state index in [2.05, 4.69) is 42.1 Å². The highest BCUT2D eigenvalue weighted by Gasteiger charge is 2.15. The van der Waals surface area contributed by atoms with E-state index in [9.17, 15) is 0 Å². The summed E-state index contributed by atoms with van der Waals surface area (Å²) < 4.78 is 2.39. The van der Waals surface area contributed by atoms with E-state index in [-0.39, 0.29) is 0 Å². The minimum absolute atomic E-state index is 0.582. The van der Waals surface area contributed by atoms with Crippen molar-refractivity contribution >= 4 is 0 Å². The molecular weight excluding hydrogens is 184 g/mol. The lowest BCUT2D eigenvalue weighted by Gasteiger charge is -2.24. The Bertz CT molecular complexity index is 295. The molecule has 0 amide bonds. The summed E-state index contributed by atoms with van der Waals surface area (Å²) in [6.45, 7) is 5.70. The van der Waals surface area contributed by atoms with Crippen LogP contribution in [0.15, 0.2) is 18.3 Å². The molecule has 2 heterocycles. The summed E-state index contributed by atoms with van der Waals surface area (Å²) in [7, 11) is 0. The second-order valence-electron chi connectivity index (χ2n) is 4.85. The third-order valence-corrected chi connectivity index (χ3v) is 3.29. The molecule has 2 rings (SSSR count). The van der Waals surface area contributed by atoms with Gasteiger partial charge in [0.25, 0.3) is 0 Å². The highest BCUT2D eigenvalue weighted by molar-refractivity contribution is 5.10. The zero-order valence-corrected chi connectivity index (χ0v) is 9.87. The molecule has 1 aliphatic heterocycles. The summed E-state index contributed by atoms with van der Waals surface area (Å²) in [6, 6.07) is 5.71. The highest BCUT2D eigenvalue weighted by atomic mass is 15.0. The van der Waals surface area contributed by atoms with Crippen molar-refractivity contribution in [1.82, 2.24) is 9.88 Å². The minimum Gasteiger partial charge on any atom is -0.349 e. The van der Waals surface area contributed by atoms with Gasteiger partial charge >= 0.3 is 0 Å². The van der Waals surface area contributed by atoms with Crippen molar-refractivity contribution in [3.63, 3.8) is 0 Å². The molecule has 1 aromatic rings. The minimum atomic E-state index is 0.582. The molecule has 1 aromatic heterocycles. The smallest absolute Gasteiger partial charge is 0.0276 e. The van der Waals surface area contributed by atoms with Crippen molar-refractivity contribution in [1.29, 1.82) is 0 Å². The normalized spacial score (nSPS) is 22.2. The summed E-state index contributed by atoms with van der Waals surface area (Å²) in [4.78, 5) is 0. The number of piperidine rings is 1. The van der Waals surface area contributed by atoms with Gasteiger partial charge in [0.05, 0.1) is 0 Å². The van der Waals surface area contributed by atoms with Crippen LogP contribution in [0.25, 0.3) is 0 Å². The second-order valence-corrected chi connectivity index (χ2v) is 4.85. The van der Waals surface area contributed by atoms with Crippen LogP contribution in [0.5, 0.6) is 0 Å². The number of nitrogens with one attached hydrogen (secondary N) is 1. The van der Waals surface area contributed by atoms with E-state index in [1.165, 1.54) is 37.9 Å². The van der Waals surface area contributed by atoms with Gasteiger partial charge in [-0.05, 0) is 45.4 Å². The maximum Gasteiger partial charge on any atom is 0.0276 e. The lowest BCUT2D eigenvalue weighted by Crippen LogP contribution is -2.36. The van der Waals surface area contributed by atoms with Crippen LogP contribution in [0.4, 0.5) is 0 Å². The van der Waals surface area contributed by atoms with E-state index >= 15 is 0 Å². The van der Waals surface area contributed by atoms with Gasteiger partial charge in [-0.1, -0.05) is 6.42 Å². The number of hydrogen-bond acceptors (Lipinski definition) is 1. The lowest BCUT2D eigenvalue weighted by atomic mass is 10.0. The summed E-state index contributed by atoms with van der Waals surface area (Å²) in [5.74, 6) is 0. The third kappa shape index (κ3) is 2.63. The molecule has 1 unspecified atom stereocenters. The summed E-state index contributed by atoms with van der Waals surface area (Å²) in [6.07, 6.45) is 7.46. The van der Waals surface area contributed by atoms with Crippen molar-refractivity contribution in [3.8, 4) is 0 Å². The Labute approximate surface area is 92.7 Å². The van der Waals surface area contributed by atoms with Gasteiger partial charge in [0.2, 0.25) is 0 Å². The van der Waals surface area contributed by atoms with Gasteiger partial charge in [0.1, 0.15) is 0 Å². The van der Waals surface area contributed by atoms with Crippen LogP contribution in [0, 0.1) is 0 Å². The Balaban J connectivity index is 1.99. The first-order valence-electron chi connectivity index (χ1n) is 6.16. The molecule has 0 radical (unpaired) electrons. The molecule has 15 heavy (non-hydrogen) atoms. The zero-order chi connectivity index (χ0) is 10.7. The van der Waals surface area contributed by atoms with Crippen LogP contribution in [-0.2, 0) is 6.42 Å². The van der Waals surface area contributed by atoms with Gasteiger partial charge in [0, 0.05) is 30.4 Å². The van der Waals surface area contributed by atoms with Crippen molar-refractivity contribution in [2.24, 2.45) is 0 Å². The van der Waals surface area contributed by atoms with Gasteiger partial charge in [-0.15, -0.1) is 0 Å². The predicted molar refractivity (Wildman–Crippen MR) is 64.2 cm³/mol. The van der Waals surface area contributed by atoms with E-state index in [1.807, 2.05) is 0 Å². The van der Waals surface area contributed by atoms with Crippen LogP contribution < -0.4 is 5.32 Å². The predicted octanol–water partition coefficient (Wildman–Crippen LogP) is 2.75. The SMILES string of the molecule is CC(C)n1cccc1CC1CCCCN1. The quantitative estimate of drug-likeness (QED) is 0.804. The summed E-state index contributed by atoms with van der Waals surface area (Å²) in [5.41, 5.74) is 1.48. The van der Waals surface area contributed by atoms with Gasteiger partial charge in [-0.2, -0.15) is 0 Å². The Morgan fingerprint density at radius 3 is 3.00 bits per heavy atom. The van der Waals surface area contributed by atoms with Crippen molar-refractivity contribution in [2.45, 2.75) is 51.6 Å². The molecule has 1 atom stereocenters. The Kier molecular flexibility index (Phi) is 3.47. The monoisotopic (exact) mass is 206 g/mol. The molecule has 0 saturated carbocycles. The van der Waals surface area contributed by atoms with Crippen molar-refractivity contribution in [2.75, 3.05) is 6.54 Å². The summed E-state index contributed by atoms with van der Waals surface area (Å²) >= 11 is 0. The molecule has 1 N–H and O–H groups in total. The third-order valence-electron chi connectivity index (χ3n) is 3.29. The van der Waals surface area contributed by atoms with Crippen molar-refractivity contribution in [3.05, 3.63) is 24.0 Å². The fourth-order valence-electron chi connectivity index (χ4n) is 2.46. The Morgan fingerprint density at radius 2 is 2.33 bits per heavy atom. The van der Waals surface area contributed by atoms with Crippen LogP contribution in [0.1, 0.15) is 44.8 Å². The molecule has 1 saturated heterocycles. The maximum atomic E-state index is 3.61. The van der Waals surface area contributed by atoms with Gasteiger partial charge in [0.15, 0.2) is 0 Å². The standard InChI is InChI=1S/C13H22N2/c1-11(2)15-9-5-7-13(15)10-12-6-3-4-8-14-12/h5,7,9,11-12,14H,3-4,6,8,10H2,1-2H3. The molecular formula is C13H22N2. The average molecular weight is 206 g/mol. The van der Waals surface area contributed by atoms with Crippen LogP contribution in [-0.4, -0.2) is 17.2 Å². The number of nitrogens with zero attached hydrogens (tertiary/aromatic N) is 1. The Hall–Kier alpha value is -0.760. The molecule has 0 aliphatic carbocycles. The number of hydrogen-bond donors (Lipinski definition) is 1. The first-order chi connectivity index (χ1) is 7.27.